The third-order valence-corrected chi connectivity index (χ3v) is 5.56. The van der Waals surface area contributed by atoms with Crippen LogP contribution < -0.4 is 0 Å². The summed E-state index contributed by atoms with van der Waals surface area (Å²) in [6, 6.07) is -0.0136. The average Bonchev–Trinajstić information content (AvgIpc) is 3.39. The maximum absolute atomic E-state index is 13.2. The lowest BCUT2D eigenvalue weighted by molar-refractivity contribution is -0.0893. The molecule has 2 aromatic rings. The highest BCUT2D eigenvalue weighted by atomic mass is 16.5. The first-order valence-corrected chi connectivity index (χ1v) is 8.34. The Bertz CT molecular complexity index is 746. The quantitative estimate of drug-likeness (QED) is 0.840. The maximum Gasteiger partial charge on any atom is 0.259 e. The molecule has 0 bridgehead atoms. The van der Waals surface area contributed by atoms with Crippen LogP contribution >= 0.6 is 0 Å². The van der Waals surface area contributed by atoms with Crippen LogP contribution in [0.1, 0.15) is 36.0 Å². The second kappa shape index (κ2) is 6.19. The van der Waals surface area contributed by atoms with Crippen LogP contribution in [0.4, 0.5) is 0 Å². The van der Waals surface area contributed by atoms with E-state index in [1.54, 1.807) is 14.2 Å². The molecule has 1 amide bonds. The molecule has 0 aromatic carbocycles. The van der Waals surface area contributed by atoms with Crippen LogP contribution in [0.5, 0.6) is 0 Å². The minimum Gasteiger partial charge on any atom is -0.381 e. The molecule has 10 nitrogen and oxygen atoms in total. The summed E-state index contributed by atoms with van der Waals surface area (Å²) in [4.78, 5) is 15.1. The van der Waals surface area contributed by atoms with E-state index in [-0.39, 0.29) is 23.7 Å². The molecule has 0 radical (unpaired) electrons. The van der Waals surface area contributed by atoms with Gasteiger partial charge in [-0.1, -0.05) is 0 Å². The SMILES string of the molecule is CO[C@@H]1CC[C@@]2(OC)CCN(C(=O)c3cn[nH]c3-n3cnnn3)[C@H]2C1. The van der Waals surface area contributed by atoms with Gasteiger partial charge in [-0.2, -0.15) is 9.78 Å². The molecule has 4 rings (SSSR count). The number of methoxy groups -OCH3 is 2. The number of hydrogen-bond acceptors (Lipinski definition) is 7. The van der Waals surface area contributed by atoms with Gasteiger partial charge < -0.3 is 14.4 Å². The summed E-state index contributed by atoms with van der Waals surface area (Å²) in [6.07, 6.45) is 6.53. The van der Waals surface area contributed by atoms with Crippen molar-refractivity contribution in [1.29, 1.82) is 0 Å². The molecule has 1 saturated carbocycles. The Labute approximate surface area is 144 Å². The number of carbonyl (C=O) groups is 1. The normalized spacial score (nSPS) is 29.0. The zero-order chi connectivity index (χ0) is 17.4. The van der Waals surface area contributed by atoms with E-state index in [0.717, 1.165) is 25.7 Å². The number of H-pyrrole nitrogens is 1. The van der Waals surface area contributed by atoms with Crippen molar-refractivity contribution >= 4 is 5.91 Å². The summed E-state index contributed by atoms with van der Waals surface area (Å²) in [7, 11) is 3.45. The Hall–Kier alpha value is -2.33. The Morgan fingerprint density at radius 1 is 1.40 bits per heavy atom. The van der Waals surface area contributed by atoms with E-state index in [4.69, 9.17) is 9.47 Å². The van der Waals surface area contributed by atoms with Gasteiger partial charge >= 0.3 is 0 Å². The molecule has 1 N–H and O–H groups in total. The van der Waals surface area contributed by atoms with Gasteiger partial charge in [0.2, 0.25) is 0 Å². The Balaban J connectivity index is 1.64. The van der Waals surface area contributed by atoms with Crippen molar-refractivity contribution in [3.05, 3.63) is 18.1 Å². The fourth-order valence-electron chi connectivity index (χ4n) is 4.15. The molecule has 3 heterocycles. The van der Waals surface area contributed by atoms with Gasteiger partial charge in [0.05, 0.1) is 23.9 Å². The lowest BCUT2D eigenvalue weighted by Gasteiger charge is -2.43. The Morgan fingerprint density at radius 3 is 3.00 bits per heavy atom. The molecule has 25 heavy (non-hydrogen) atoms. The molecule has 134 valence electrons. The van der Waals surface area contributed by atoms with E-state index in [1.807, 2.05) is 4.90 Å². The Kier molecular flexibility index (Phi) is 4.00. The molecular weight excluding hydrogens is 326 g/mol. The minimum absolute atomic E-state index is 0.0136. The summed E-state index contributed by atoms with van der Waals surface area (Å²) >= 11 is 0. The minimum atomic E-state index is -0.288. The highest BCUT2D eigenvalue weighted by Crippen LogP contribution is 2.43. The fraction of sp³-hybridized carbons (Fsp3) is 0.667. The first kappa shape index (κ1) is 16.2. The van der Waals surface area contributed by atoms with Gasteiger partial charge in [-0.25, -0.2) is 0 Å². The molecule has 2 fully saturated rings. The molecule has 1 aliphatic heterocycles. The van der Waals surface area contributed by atoms with Gasteiger partial charge in [0.25, 0.3) is 5.91 Å². The lowest BCUT2D eigenvalue weighted by Crippen LogP contribution is -2.53. The predicted molar refractivity (Wildman–Crippen MR) is 85.1 cm³/mol. The van der Waals surface area contributed by atoms with Crippen LogP contribution in [0.15, 0.2) is 12.5 Å². The molecule has 1 saturated heterocycles. The summed E-state index contributed by atoms with van der Waals surface area (Å²) < 4.78 is 12.8. The third-order valence-electron chi connectivity index (χ3n) is 5.56. The van der Waals surface area contributed by atoms with E-state index >= 15 is 0 Å². The maximum atomic E-state index is 13.2. The molecule has 2 aliphatic rings. The number of fused-ring (bicyclic) bond motifs is 1. The summed E-state index contributed by atoms with van der Waals surface area (Å²) in [5, 5.41) is 17.8. The van der Waals surface area contributed by atoms with Crippen molar-refractivity contribution in [3.63, 3.8) is 0 Å². The van der Waals surface area contributed by atoms with Crippen LogP contribution in [0.2, 0.25) is 0 Å². The van der Waals surface area contributed by atoms with Gasteiger partial charge in [-0.3, -0.25) is 9.89 Å². The smallest absolute Gasteiger partial charge is 0.259 e. The number of tetrazole rings is 1. The number of nitrogens with zero attached hydrogens (tertiary/aromatic N) is 6. The number of nitrogens with one attached hydrogen (secondary N) is 1. The lowest BCUT2D eigenvalue weighted by atomic mass is 9.79. The summed E-state index contributed by atoms with van der Waals surface area (Å²) in [5.41, 5.74) is 0.155. The van der Waals surface area contributed by atoms with Crippen LogP contribution in [0.3, 0.4) is 0 Å². The molecule has 0 unspecified atom stereocenters. The molecule has 1 aliphatic carbocycles. The summed E-state index contributed by atoms with van der Waals surface area (Å²) in [6.45, 7) is 0.647. The van der Waals surface area contributed by atoms with Crippen LogP contribution in [0, 0.1) is 0 Å². The van der Waals surface area contributed by atoms with E-state index in [0.29, 0.717) is 17.9 Å². The van der Waals surface area contributed by atoms with E-state index in [9.17, 15) is 4.79 Å². The number of likely N-dealkylation sites (tertiary alicyclic amines) is 1. The zero-order valence-electron chi connectivity index (χ0n) is 14.3. The van der Waals surface area contributed by atoms with Gasteiger partial charge in [0, 0.05) is 20.8 Å². The van der Waals surface area contributed by atoms with Crippen LogP contribution in [-0.2, 0) is 9.47 Å². The van der Waals surface area contributed by atoms with Gasteiger partial charge in [-0.05, 0) is 36.1 Å². The molecule has 3 atom stereocenters. The van der Waals surface area contributed by atoms with Gasteiger partial charge in [0.1, 0.15) is 11.9 Å². The van der Waals surface area contributed by atoms with Gasteiger partial charge in [-0.15, -0.1) is 5.10 Å². The molecule has 0 spiro atoms. The second-order valence-corrected chi connectivity index (χ2v) is 6.55. The number of hydrogen-bond donors (Lipinski definition) is 1. The predicted octanol–water partition coefficient (Wildman–Crippen LogP) is 0.184. The van der Waals surface area contributed by atoms with Crippen molar-refractivity contribution < 1.29 is 14.3 Å². The van der Waals surface area contributed by atoms with Crippen molar-refractivity contribution in [2.45, 2.75) is 43.4 Å². The van der Waals surface area contributed by atoms with Crippen molar-refractivity contribution in [1.82, 2.24) is 35.3 Å². The van der Waals surface area contributed by atoms with Crippen LogP contribution in [0.25, 0.3) is 5.82 Å². The van der Waals surface area contributed by atoms with Crippen molar-refractivity contribution in [2.75, 3.05) is 20.8 Å². The summed E-state index contributed by atoms with van der Waals surface area (Å²) in [5.74, 6) is 0.365. The number of rotatable bonds is 4. The standard InChI is InChI=1S/C15H21N7O3/c1-24-10-3-4-15(25-2)5-6-21(12(15)7-10)14(23)11-8-16-18-13(11)22-9-17-19-20-22/h8-10,12H,3-7H2,1-2H3,(H,16,18)/t10-,12+,15-/m1/s1. The highest BCUT2D eigenvalue weighted by Gasteiger charge is 2.53. The molecule has 2 aromatic heterocycles. The zero-order valence-corrected chi connectivity index (χ0v) is 14.3. The monoisotopic (exact) mass is 347 g/mol. The van der Waals surface area contributed by atoms with Gasteiger partial charge in [0.15, 0.2) is 5.82 Å². The van der Waals surface area contributed by atoms with E-state index in [1.165, 1.54) is 17.2 Å². The number of ether oxygens (including phenoxy) is 2. The number of aromatic nitrogens is 6. The second-order valence-electron chi connectivity index (χ2n) is 6.55. The average molecular weight is 347 g/mol. The van der Waals surface area contributed by atoms with Crippen molar-refractivity contribution in [3.8, 4) is 5.82 Å². The number of carbonyl (C=O) groups excluding carboxylic acids is 1. The topological polar surface area (TPSA) is 111 Å². The van der Waals surface area contributed by atoms with E-state index in [2.05, 4.69) is 25.7 Å². The largest absolute Gasteiger partial charge is 0.381 e. The molecule has 10 heteroatoms. The van der Waals surface area contributed by atoms with Crippen molar-refractivity contribution in [2.24, 2.45) is 0 Å². The van der Waals surface area contributed by atoms with E-state index < -0.39 is 0 Å². The Morgan fingerprint density at radius 2 is 2.28 bits per heavy atom. The number of amides is 1. The fourth-order valence-corrected chi connectivity index (χ4v) is 4.15. The first-order chi connectivity index (χ1) is 12.2. The third kappa shape index (κ3) is 2.52. The molecular formula is C15H21N7O3. The number of aromatic amines is 1. The first-order valence-electron chi connectivity index (χ1n) is 8.34. The highest BCUT2D eigenvalue weighted by molar-refractivity contribution is 5.97. The van der Waals surface area contributed by atoms with Crippen LogP contribution in [-0.4, -0.2) is 79.7 Å².